The predicted molar refractivity (Wildman–Crippen MR) is 248 cm³/mol. The van der Waals surface area contributed by atoms with E-state index in [0.717, 1.165) is 64.1 Å². The molecule has 0 aliphatic carbocycles. The van der Waals surface area contributed by atoms with Gasteiger partial charge in [-0.25, -0.2) is 0 Å². The van der Waals surface area contributed by atoms with Gasteiger partial charge in [0, 0.05) is 77.0 Å². The molecule has 14 saturated heterocycles. The minimum atomic E-state index is -0.835. The largest absolute Gasteiger partial charge is 0.390 e. The minimum Gasteiger partial charge on any atom is -0.390 e. The molecule has 14 heterocycles. The average molecular weight is 1020 g/mol. The zero-order chi connectivity index (χ0) is 48.8. The smallest absolute Gasteiger partial charge is 0.142 e. The molecule has 0 aromatic heterocycles. The second-order valence-electron chi connectivity index (χ2n) is 24.9. The molecule has 14 fully saturated rings. The monoisotopic (exact) mass is 1010 g/mol. The third-order valence-corrected chi connectivity index (χ3v) is 20.1. The highest BCUT2D eigenvalue weighted by Gasteiger charge is 2.62. The summed E-state index contributed by atoms with van der Waals surface area (Å²) in [4.78, 5) is 10.8. The minimum absolute atomic E-state index is 0.0580. The van der Waals surface area contributed by atoms with Gasteiger partial charge < -0.3 is 81.6 Å². The first-order chi connectivity index (χ1) is 34.8. The van der Waals surface area contributed by atoms with Crippen LogP contribution in [0.4, 0.5) is 0 Å². The summed E-state index contributed by atoms with van der Waals surface area (Å²) in [6.07, 6.45) is 7.62. The second kappa shape index (κ2) is 19.0. The van der Waals surface area contributed by atoms with Crippen molar-refractivity contribution in [2.24, 2.45) is 0 Å². The molecule has 18 nitrogen and oxygen atoms in total. The summed E-state index contributed by atoms with van der Waals surface area (Å²) in [6, 6.07) is 0. The first-order valence-electron chi connectivity index (χ1n) is 28.2. The van der Waals surface area contributed by atoms with E-state index in [1.165, 1.54) is 6.08 Å². The van der Waals surface area contributed by atoms with Crippen LogP contribution in [0.5, 0.6) is 0 Å². The van der Waals surface area contributed by atoms with E-state index in [2.05, 4.69) is 13.8 Å². The van der Waals surface area contributed by atoms with Crippen LogP contribution in [0.2, 0.25) is 0 Å². The summed E-state index contributed by atoms with van der Waals surface area (Å²) in [5, 5.41) is 33.8. The first kappa shape index (κ1) is 49.1. The number of aliphatic hydroxyl groups is 3. The Hall–Kier alpha value is -1.27. The molecular weight excluding hydrogens is 937 g/mol. The fraction of sp³-hybridized carbons (Fsp3) is 0.944. The van der Waals surface area contributed by atoms with Crippen LogP contribution in [0.15, 0.2) is 12.2 Å². The van der Waals surface area contributed by atoms with Crippen molar-refractivity contribution >= 4 is 6.29 Å². The van der Waals surface area contributed by atoms with Crippen LogP contribution in [-0.4, -0.2) is 210 Å². The van der Waals surface area contributed by atoms with Crippen LogP contribution in [0.25, 0.3) is 0 Å². The van der Waals surface area contributed by atoms with Crippen LogP contribution in [0.3, 0.4) is 0 Å². The molecule has 0 amide bonds. The van der Waals surface area contributed by atoms with Gasteiger partial charge in [0.15, 0.2) is 0 Å². The van der Waals surface area contributed by atoms with Gasteiger partial charge in [0.2, 0.25) is 0 Å². The van der Waals surface area contributed by atoms with Crippen LogP contribution in [0.1, 0.15) is 130 Å². The van der Waals surface area contributed by atoms with Crippen LogP contribution in [0, 0.1) is 0 Å². The van der Waals surface area contributed by atoms with Gasteiger partial charge in [-0.2, -0.15) is 0 Å². The lowest BCUT2D eigenvalue weighted by Crippen LogP contribution is -2.65. The lowest BCUT2D eigenvalue weighted by molar-refractivity contribution is -0.329. The number of ether oxygens (including phenoxy) is 14. The number of hydrogen-bond acceptors (Lipinski definition) is 18. The van der Waals surface area contributed by atoms with Gasteiger partial charge in [-0.15, -0.1) is 0 Å². The molecule has 14 rings (SSSR count). The number of rotatable bonds is 3. The molecule has 31 atom stereocenters. The van der Waals surface area contributed by atoms with E-state index < -0.39 is 60.0 Å². The Labute approximate surface area is 421 Å². The van der Waals surface area contributed by atoms with E-state index in [1.807, 2.05) is 13.0 Å². The summed E-state index contributed by atoms with van der Waals surface area (Å²) >= 11 is 0. The lowest BCUT2D eigenvalue weighted by Gasteiger charge is -2.56. The van der Waals surface area contributed by atoms with Gasteiger partial charge in [0.1, 0.15) is 18.5 Å². The molecular formula is C54H78O18. The Morgan fingerprint density at radius 2 is 0.792 bits per heavy atom. The third-order valence-electron chi connectivity index (χ3n) is 20.1. The zero-order valence-corrected chi connectivity index (χ0v) is 42.0. The van der Waals surface area contributed by atoms with Crippen molar-refractivity contribution in [3.8, 4) is 0 Å². The predicted octanol–water partition coefficient (Wildman–Crippen LogP) is 3.00. The van der Waals surface area contributed by atoms with Crippen LogP contribution >= 0.6 is 0 Å². The Bertz CT molecular complexity index is 2010. The van der Waals surface area contributed by atoms with Gasteiger partial charge in [-0.05, 0) is 59.0 Å². The maximum atomic E-state index is 11.8. The zero-order valence-electron chi connectivity index (χ0n) is 42.0. The van der Waals surface area contributed by atoms with Gasteiger partial charge in [0.25, 0.3) is 0 Å². The van der Waals surface area contributed by atoms with Crippen molar-refractivity contribution in [3.05, 3.63) is 12.2 Å². The lowest BCUT2D eigenvalue weighted by atomic mass is 9.80. The fourth-order valence-corrected chi connectivity index (χ4v) is 16.4. The molecule has 14 aliphatic heterocycles. The highest BCUT2D eigenvalue weighted by Crippen LogP contribution is 2.52. The van der Waals surface area contributed by atoms with Gasteiger partial charge in [-0.3, -0.25) is 4.79 Å². The summed E-state index contributed by atoms with van der Waals surface area (Å²) in [6.45, 7) is 6.28. The Kier molecular flexibility index (Phi) is 12.9. The number of allylic oxidation sites excluding steroid dienone is 1. The van der Waals surface area contributed by atoms with E-state index >= 15 is 0 Å². The van der Waals surface area contributed by atoms with E-state index in [1.54, 1.807) is 0 Å². The standard InChI is InChI=1S/C54H78O18/c1-24-26(56)13-33-35(59-24)18-43-29(61-33)7-9-49-53(2,71-43)22-47-41(67-49)17-37-38(66-47)16-36-39(63-37)19-44-30(62-36)8-10-50-54(3,72-44)23-48-42(68-50)21-46-52(70-48)28(58)15-34-40(65-46)20-45-51(69-34)27(57)14-32-31(64-45)12-25(60-32)6-4-5-11-55/h4-5,11,24-52,56-58H,6-10,12-23H2,1-3H3/b5-4+/t24-,25?,26+,27+,28+,29+,30+,31+,32-,33-,34-,35+,36-,37-,38+,39+,40+,41+,42+,43-,44-,45-,46-,47-,48-,49-,50-,51+,52+,53+,54+/m1/s1. The van der Waals surface area contributed by atoms with E-state index in [-0.39, 0.29) is 128 Å². The number of hydrogen-bond donors (Lipinski definition) is 3. The molecule has 18 heteroatoms. The SMILES string of the molecule is C[C@H]1O[C@H]2C[C@H]3O[C@@]4(C)C[C@H]5O[C@H]6C[C@H]7O[C@H]8CC[C@H]9O[C@H]%10C[C@H]%11O[C@H]%12C[C@H]%13O[C@H]%14CC(C/C=C/C=O)O[C@@H]%14C[C@H](O)[C@@H]%13O[C@@H]%12C[C@H](O)[C@@H]%11O[C@@H]%10C[C@]9(C)O[C@@H]8C[C@@H]7O[C@@H]6C[C@@H]5O[C@@H]4CC[C@@H]3O[C@@H]2C[C@@H]1O. The molecule has 402 valence electrons. The second-order valence-corrected chi connectivity index (χ2v) is 24.9. The molecule has 0 radical (unpaired) electrons. The normalized spacial score (nSPS) is 59.8. The molecule has 3 N–H and O–H groups in total. The molecule has 0 spiro atoms. The Morgan fingerprint density at radius 1 is 0.403 bits per heavy atom. The summed E-state index contributed by atoms with van der Waals surface area (Å²) in [7, 11) is 0. The van der Waals surface area contributed by atoms with Crippen molar-refractivity contribution in [2.45, 2.75) is 318 Å². The van der Waals surface area contributed by atoms with Crippen molar-refractivity contribution in [1.82, 2.24) is 0 Å². The maximum absolute atomic E-state index is 11.8. The number of aliphatic hydroxyl groups excluding tert-OH is 3. The molecule has 0 aromatic rings. The van der Waals surface area contributed by atoms with Gasteiger partial charge in [0.05, 0.1) is 176 Å². The molecule has 0 saturated carbocycles. The van der Waals surface area contributed by atoms with Crippen molar-refractivity contribution in [2.75, 3.05) is 0 Å². The molecule has 0 bridgehead atoms. The number of aldehydes is 1. The molecule has 14 aliphatic rings. The third kappa shape index (κ3) is 8.76. The highest BCUT2D eigenvalue weighted by atomic mass is 16.7. The Morgan fingerprint density at radius 3 is 1.36 bits per heavy atom. The molecule has 1 unspecified atom stereocenters. The van der Waals surface area contributed by atoms with Crippen molar-refractivity contribution < 1.29 is 86.4 Å². The number of carbonyl (C=O) groups excluding carboxylic acids is 1. The van der Waals surface area contributed by atoms with Crippen molar-refractivity contribution in [3.63, 3.8) is 0 Å². The first-order valence-corrected chi connectivity index (χ1v) is 28.2. The summed E-state index contributed by atoms with van der Waals surface area (Å²) in [5.41, 5.74) is -1.17. The number of fused-ring (bicyclic) bond motifs is 13. The van der Waals surface area contributed by atoms with Gasteiger partial charge in [-0.1, -0.05) is 6.08 Å². The highest BCUT2D eigenvalue weighted by molar-refractivity contribution is 5.64. The molecule has 0 aromatic carbocycles. The summed E-state index contributed by atoms with van der Waals surface area (Å²) in [5.74, 6) is 0. The quantitative estimate of drug-likeness (QED) is 0.275. The summed E-state index contributed by atoms with van der Waals surface area (Å²) < 4.78 is 95.3. The topological polar surface area (TPSA) is 207 Å². The van der Waals surface area contributed by atoms with E-state index in [9.17, 15) is 20.1 Å². The Balaban J connectivity index is 0.603. The number of carbonyl (C=O) groups is 1. The molecule has 72 heavy (non-hydrogen) atoms. The van der Waals surface area contributed by atoms with Crippen LogP contribution in [-0.2, 0) is 71.1 Å². The maximum Gasteiger partial charge on any atom is 0.142 e. The fourth-order valence-electron chi connectivity index (χ4n) is 16.4. The van der Waals surface area contributed by atoms with Gasteiger partial charge >= 0.3 is 0 Å². The van der Waals surface area contributed by atoms with E-state index in [4.69, 9.17) is 66.3 Å². The van der Waals surface area contributed by atoms with E-state index in [0.29, 0.717) is 51.4 Å². The average Bonchev–Trinajstić information content (AvgIpc) is 3.40. The van der Waals surface area contributed by atoms with Crippen LogP contribution < -0.4 is 0 Å². The van der Waals surface area contributed by atoms with Crippen molar-refractivity contribution in [1.29, 1.82) is 0 Å².